The van der Waals surface area contributed by atoms with Gasteiger partial charge < -0.3 is 0 Å². The minimum Gasteiger partial charge on any atom is -0.247 e. The summed E-state index contributed by atoms with van der Waals surface area (Å²) in [4.78, 5) is 4.60. The lowest BCUT2D eigenvalue weighted by Gasteiger charge is -2.02. The molecule has 23 heavy (non-hydrogen) atoms. The van der Waals surface area contributed by atoms with Crippen molar-refractivity contribution in [3.05, 3.63) is 51.7 Å². The molecule has 3 aromatic rings. The predicted molar refractivity (Wildman–Crippen MR) is 83.3 cm³/mol. The summed E-state index contributed by atoms with van der Waals surface area (Å²) < 4.78 is 15.5. The van der Waals surface area contributed by atoms with Gasteiger partial charge in [0.15, 0.2) is 0 Å². The molecule has 2 aromatic heterocycles. The third-order valence-electron chi connectivity index (χ3n) is 3.76. The average molecular weight is 325 g/mol. The Labute approximate surface area is 136 Å². The average Bonchev–Trinajstić information content (AvgIpc) is 3.10. The molecule has 2 heterocycles. The Hall–Kier alpha value is -2.59. The van der Waals surface area contributed by atoms with Crippen molar-refractivity contribution in [1.82, 2.24) is 20.0 Å². The van der Waals surface area contributed by atoms with Crippen molar-refractivity contribution < 1.29 is 4.39 Å². The smallest absolute Gasteiger partial charge is 0.132 e. The van der Waals surface area contributed by atoms with Crippen LogP contribution in [-0.2, 0) is 6.54 Å². The van der Waals surface area contributed by atoms with E-state index >= 15 is 0 Å². The summed E-state index contributed by atoms with van der Waals surface area (Å²) in [6.07, 6.45) is 4.21. The van der Waals surface area contributed by atoms with Crippen LogP contribution in [0.5, 0.6) is 0 Å². The standard InChI is InChI=1S/C16H12FN5S/c17-13-5-10(6-18)1-2-12(13)7-22-8-14(20-21-22)15-9-23-16(19-15)11-3-4-11/h1-2,5,8-9,11H,3-4,7H2. The van der Waals surface area contributed by atoms with Crippen molar-refractivity contribution in [1.29, 1.82) is 5.26 Å². The number of benzene rings is 1. The van der Waals surface area contributed by atoms with Crippen molar-refractivity contribution in [3.8, 4) is 17.5 Å². The van der Waals surface area contributed by atoms with E-state index in [0.29, 0.717) is 22.7 Å². The largest absolute Gasteiger partial charge is 0.247 e. The molecule has 0 atom stereocenters. The van der Waals surface area contributed by atoms with Gasteiger partial charge in [-0.2, -0.15) is 5.26 Å². The van der Waals surface area contributed by atoms with Crippen LogP contribution in [0.25, 0.3) is 11.4 Å². The highest BCUT2D eigenvalue weighted by molar-refractivity contribution is 7.10. The highest BCUT2D eigenvalue weighted by Gasteiger charge is 2.27. The van der Waals surface area contributed by atoms with Gasteiger partial charge in [0, 0.05) is 16.9 Å². The SMILES string of the molecule is N#Cc1ccc(Cn2cc(-c3csc(C4CC4)n3)nn2)c(F)c1. The number of hydrogen-bond donors (Lipinski definition) is 0. The first kappa shape index (κ1) is 14.0. The maximum atomic E-state index is 13.9. The van der Waals surface area contributed by atoms with Crippen LogP contribution in [0.15, 0.2) is 29.8 Å². The second kappa shape index (κ2) is 5.56. The van der Waals surface area contributed by atoms with Gasteiger partial charge in [0.25, 0.3) is 0 Å². The molecule has 0 unspecified atom stereocenters. The highest BCUT2D eigenvalue weighted by Crippen LogP contribution is 2.42. The fourth-order valence-electron chi connectivity index (χ4n) is 2.34. The van der Waals surface area contributed by atoms with E-state index in [4.69, 9.17) is 5.26 Å². The fraction of sp³-hybridized carbons (Fsp3) is 0.250. The summed E-state index contributed by atoms with van der Waals surface area (Å²) in [5.74, 6) is 0.210. The van der Waals surface area contributed by atoms with Gasteiger partial charge in [0.05, 0.1) is 29.4 Å². The molecule has 1 aromatic carbocycles. The zero-order chi connectivity index (χ0) is 15.8. The topological polar surface area (TPSA) is 67.4 Å². The Bertz CT molecular complexity index is 903. The van der Waals surface area contributed by atoms with Crippen LogP contribution < -0.4 is 0 Å². The molecule has 0 amide bonds. The van der Waals surface area contributed by atoms with Gasteiger partial charge in [0.1, 0.15) is 17.2 Å². The van der Waals surface area contributed by atoms with Crippen LogP contribution in [0.4, 0.5) is 4.39 Å². The molecular weight excluding hydrogens is 313 g/mol. The van der Waals surface area contributed by atoms with Gasteiger partial charge in [-0.15, -0.1) is 16.4 Å². The number of hydrogen-bond acceptors (Lipinski definition) is 5. The van der Waals surface area contributed by atoms with Gasteiger partial charge in [-0.3, -0.25) is 0 Å². The van der Waals surface area contributed by atoms with Crippen LogP contribution in [0.1, 0.15) is 34.9 Å². The van der Waals surface area contributed by atoms with E-state index in [1.807, 2.05) is 11.4 Å². The van der Waals surface area contributed by atoms with E-state index < -0.39 is 5.82 Å². The minimum atomic E-state index is -0.411. The van der Waals surface area contributed by atoms with Crippen LogP contribution in [-0.4, -0.2) is 20.0 Å². The van der Waals surface area contributed by atoms with Crippen molar-refractivity contribution >= 4 is 11.3 Å². The Morgan fingerprint density at radius 1 is 1.35 bits per heavy atom. The molecule has 0 radical (unpaired) electrons. The van der Waals surface area contributed by atoms with Gasteiger partial charge >= 0.3 is 0 Å². The van der Waals surface area contributed by atoms with Crippen molar-refractivity contribution in [2.24, 2.45) is 0 Å². The number of rotatable bonds is 4. The van der Waals surface area contributed by atoms with E-state index in [1.54, 1.807) is 34.3 Å². The molecule has 114 valence electrons. The van der Waals surface area contributed by atoms with E-state index in [-0.39, 0.29) is 6.54 Å². The van der Waals surface area contributed by atoms with Crippen LogP contribution in [0.3, 0.4) is 0 Å². The zero-order valence-electron chi connectivity index (χ0n) is 12.1. The van der Waals surface area contributed by atoms with Crippen LogP contribution >= 0.6 is 11.3 Å². The Kier molecular flexibility index (Phi) is 3.39. The zero-order valence-corrected chi connectivity index (χ0v) is 12.9. The lowest BCUT2D eigenvalue weighted by molar-refractivity contribution is 0.576. The van der Waals surface area contributed by atoms with Gasteiger partial charge in [0.2, 0.25) is 0 Å². The summed E-state index contributed by atoms with van der Waals surface area (Å²) in [7, 11) is 0. The summed E-state index contributed by atoms with van der Waals surface area (Å²) in [6.45, 7) is 0.268. The molecule has 0 spiro atoms. The Morgan fingerprint density at radius 2 is 2.22 bits per heavy atom. The number of nitriles is 1. The van der Waals surface area contributed by atoms with E-state index in [0.717, 1.165) is 10.7 Å². The number of nitrogens with zero attached hydrogens (tertiary/aromatic N) is 5. The molecule has 5 nitrogen and oxygen atoms in total. The van der Waals surface area contributed by atoms with Crippen molar-refractivity contribution in [3.63, 3.8) is 0 Å². The Balaban J connectivity index is 1.54. The summed E-state index contributed by atoms with van der Waals surface area (Å²) >= 11 is 1.66. The first-order chi connectivity index (χ1) is 11.2. The van der Waals surface area contributed by atoms with E-state index in [9.17, 15) is 4.39 Å². The van der Waals surface area contributed by atoms with Crippen molar-refractivity contribution in [2.75, 3.05) is 0 Å². The molecular formula is C16H12FN5S. The summed E-state index contributed by atoms with van der Waals surface area (Å²) in [6, 6.07) is 6.35. The predicted octanol–water partition coefficient (Wildman–Crippen LogP) is 3.34. The monoisotopic (exact) mass is 325 g/mol. The van der Waals surface area contributed by atoms with Crippen LogP contribution in [0, 0.1) is 17.1 Å². The second-order valence-electron chi connectivity index (χ2n) is 5.56. The first-order valence-corrected chi connectivity index (χ1v) is 8.15. The molecule has 7 heteroatoms. The van der Waals surface area contributed by atoms with E-state index in [2.05, 4.69) is 15.3 Å². The molecule has 1 saturated carbocycles. The molecule has 1 aliphatic carbocycles. The maximum absolute atomic E-state index is 13.9. The van der Waals surface area contributed by atoms with Gasteiger partial charge in [-0.05, 0) is 25.0 Å². The molecule has 0 aliphatic heterocycles. The van der Waals surface area contributed by atoms with E-state index in [1.165, 1.54) is 18.9 Å². The van der Waals surface area contributed by atoms with Crippen LogP contribution in [0.2, 0.25) is 0 Å². The lowest BCUT2D eigenvalue weighted by atomic mass is 10.1. The maximum Gasteiger partial charge on any atom is 0.132 e. The van der Waals surface area contributed by atoms with Gasteiger partial charge in [-0.25, -0.2) is 14.1 Å². The quantitative estimate of drug-likeness (QED) is 0.738. The second-order valence-corrected chi connectivity index (χ2v) is 6.45. The molecule has 4 rings (SSSR count). The molecule has 1 aliphatic rings. The third kappa shape index (κ3) is 2.85. The molecule has 1 fully saturated rings. The minimum absolute atomic E-state index is 0.268. The fourth-order valence-corrected chi connectivity index (χ4v) is 3.32. The third-order valence-corrected chi connectivity index (χ3v) is 4.77. The van der Waals surface area contributed by atoms with Gasteiger partial charge in [-0.1, -0.05) is 11.3 Å². The molecule has 0 bridgehead atoms. The normalized spacial score (nSPS) is 13.9. The molecule has 0 saturated heterocycles. The lowest BCUT2D eigenvalue weighted by Crippen LogP contribution is -2.03. The highest BCUT2D eigenvalue weighted by atomic mass is 32.1. The summed E-state index contributed by atoms with van der Waals surface area (Å²) in [5.41, 5.74) is 2.30. The molecule has 0 N–H and O–H groups in total. The van der Waals surface area contributed by atoms with Crippen molar-refractivity contribution in [2.45, 2.75) is 25.3 Å². The summed E-state index contributed by atoms with van der Waals surface area (Å²) in [5, 5.41) is 20.1. The number of thiazole rings is 1. The number of halogens is 1. The number of aromatic nitrogens is 4. The first-order valence-electron chi connectivity index (χ1n) is 7.27. The Morgan fingerprint density at radius 3 is 2.96 bits per heavy atom.